The Morgan fingerprint density at radius 2 is 1.81 bits per heavy atom. The van der Waals surface area contributed by atoms with Gasteiger partial charge in [0.1, 0.15) is 0 Å². The van der Waals surface area contributed by atoms with Crippen molar-refractivity contribution in [3.05, 3.63) is 58.1 Å². The van der Waals surface area contributed by atoms with Crippen molar-refractivity contribution in [3.8, 4) is 11.5 Å². The Morgan fingerprint density at radius 1 is 1.07 bits per heavy atom. The molecule has 1 heterocycles. The average Bonchev–Trinajstić information content (AvgIpc) is 2.92. The van der Waals surface area contributed by atoms with E-state index in [0.717, 1.165) is 17.5 Å². The maximum absolute atomic E-state index is 12.3. The Hall–Kier alpha value is -2.73. The molecule has 2 aromatic rings. The molecule has 0 fully saturated rings. The maximum atomic E-state index is 12.3. The van der Waals surface area contributed by atoms with Crippen molar-refractivity contribution in [2.45, 2.75) is 19.4 Å². The Labute approximate surface area is 162 Å². The molecule has 1 aliphatic rings. The van der Waals surface area contributed by atoms with E-state index < -0.39 is 0 Å². The minimum Gasteiger partial charge on any atom is -0.489 e. The molecule has 0 aromatic heterocycles. The molecule has 7 heteroatoms. The van der Waals surface area contributed by atoms with Gasteiger partial charge in [-0.15, -0.1) is 0 Å². The molecule has 6 nitrogen and oxygen atoms in total. The highest BCUT2D eigenvalue weighted by molar-refractivity contribution is 6.32. The van der Waals surface area contributed by atoms with E-state index in [4.69, 9.17) is 21.1 Å². The topological polar surface area (TPSA) is 76.7 Å². The van der Waals surface area contributed by atoms with Crippen LogP contribution >= 0.6 is 11.6 Å². The molecule has 0 atom stereocenters. The molecule has 0 saturated heterocycles. The van der Waals surface area contributed by atoms with Gasteiger partial charge < -0.3 is 20.1 Å². The van der Waals surface area contributed by atoms with E-state index in [1.807, 2.05) is 12.1 Å². The zero-order valence-electron chi connectivity index (χ0n) is 15.0. The third-order valence-electron chi connectivity index (χ3n) is 4.16. The highest BCUT2D eigenvalue weighted by Crippen LogP contribution is 2.38. The van der Waals surface area contributed by atoms with E-state index in [1.54, 1.807) is 31.3 Å². The monoisotopic (exact) mass is 388 g/mol. The van der Waals surface area contributed by atoms with E-state index in [-0.39, 0.29) is 18.2 Å². The summed E-state index contributed by atoms with van der Waals surface area (Å²) in [5.74, 6) is 0.843. The van der Waals surface area contributed by atoms with Crippen LogP contribution in [0.1, 0.15) is 27.9 Å². The molecular formula is C20H21ClN2O4. The lowest BCUT2D eigenvalue weighted by atomic mass is 10.1. The molecule has 0 aliphatic carbocycles. The highest BCUT2D eigenvalue weighted by atomic mass is 35.5. The molecule has 2 amide bonds. The van der Waals surface area contributed by atoms with E-state index in [2.05, 4.69) is 10.6 Å². The molecule has 0 radical (unpaired) electrons. The minimum atomic E-state index is -0.142. The number of rotatable bonds is 5. The summed E-state index contributed by atoms with van der Waals surface area (Å²) in [6.45, 7) is 1.50. The average molecular weight is 389 g/mol. The number of amides is 2. The number of fused-ring (bicyclic) bond motifs is 1. The first-order valence-electron chi connectivity index (χ1n) is 8.72. The summed E-state index contributed by atoms with van der Waals surface area (Å²) in [6.07, 6.45) is 0.978. The van der Waals surface area contributed by atoms with Gasteiger partial charge in [0.25, 0.3) is 5.91 Å². The lowest BCUT2D eigenvalue weighted by Gasteiger charge is -2.12. The van der Waals surface area contributed by atoms with Crippen LogP contribution < -0.4 is 20.1 Å². The van der Waals surface area contributed by atoms with Crippen LogP contribution in [0.2, 0.25) is 5.02 Å². The molecule has 1 aliphatic heterocycles. The molecule has 0 unspecified atom stereocenters. The smallest absolute Gasteiger partial charge is 0.251 e. The van der Waals surface area contributed by atoms with Crippen LogP contribution in [0.15, 0.2) is 36.4 Å². The maximum Gasteiger partial charge on any atom is 0.251 e. The van der Waals surface area contributed by atoms with E-state index in [0.29, 0.717) is 41.8 Å². The summed E-state index contributed by atoms with van der Waals surface area (Å²) in [5.41, 5.74) is 2.25. The van der Waals surface area contributed by atoms with Gasteiger partial charge >= 0.3 is 0 Å². The summed E-state index contributed by atoms with van der Waals surface area (Å²) in [7, 11) is 1.59. The molecule has 2 N–H and O–H groups in total. The van der Waals surface area contributed by atoms with Crippen molar-refractivity contribution in [1.82, 2.24) is 10.6 Å². The molecule has 0 saturated carbocycles. The van der Waals surface area contributed by atoms with Crippen molar-refractivity contribution in [2.24, 2.45) is 0 Å². The fraction of sp³-hybridized carbons (Fsp3) is 0.300. The third kappa shape index (κ3) is 4.92. The number of carbonyl (C=O) groups excluding carboxylic acids is 2. The Bertz CT molecular complexity index is 837. The molecule has 142 valence electrons. The zero-order valence-corrected chi connectivity index (χ0v) is 15.8. The van der Waals surface area contributed by atoms with Crippen LogP contribution in [-0.2, 0) is 17.8 Å². The van der Waals surface area contributed by atoms with Crippen LogP contribution in [0.25, 0.3) is 0 Å². The second-order valence-corrected chi connectivity index (χ2v) is 6.59. The van der Waals surface area contributed by atoms with Crippen LogP contribution in [-0.4, -0.2) is 32.1 Å². The Balaban J connectivity index is 1.59. The van der Waals surface area contributed by atoms with Gasteiger partial charge in [-0.25, -0.2) is 0 Å². The van der Waals surface area contributed by atoms with Gasteiger partial charge in [-0.1, -0.05) is 23.7 Å². The van der Waals surface area contributed by atoms with Crippen LogP contribution in [0.3, 0.4) is 0 Å². The molecular weight excluding hydrogens is 368 g/mol. The van der Waals surface area contributed by atoms with E-state index in [9.17, 15) is 9.59 Å². The van der Waals surface area contributed by atoms with Crippen molar-refractivity contribution in [1.29, 1.82) is 0 Å². The molecule has 2 aromatic carbocycles. The second-order valence-electron chi connectivity index (χ2n) is 6.18. The molecule has 0 bridgehead atoms. The first-order chi connectivity index (χ1) is 13.1. The quantitative estimate of drug-likeness (QED) is 0.825. The molecule has 0 spiro atoms. The number of hydrogen-bond acceptors (Lipinski definition) is 4. The summed E-state index contributed by atoms with van der Waals surface area (Å²) in [6, 6.07) is 10.6. The van der Waals surface area contributed by atoms with Gasteiger partial charge in [-0.2, -0.15) is 0 Å². The number of nitrogens with one attached hydrogen (secondary N) is 2. The summed E-state index contributed by atoms with van der Waals surface area (Å²) >= 11 is 6.26. The Morgan fingerprint density at radius 3 is 2.56 bits per heavy atom. The van der Waals surface area contributed by atoms with Crippen LogP contribution in [0.4, 0.5) is 0 Å². The fourth-order valence-corrected chi connectivity index (χ4v) is 3.04. The van der Waals surface area contributed by atoms with Crippen molar-refractivity contribution < 1.29 is 19.1 Å². The number of ether oxygens (including phenoxy) is 2. The lowest BCUT2D eigenvalue weighted by Crippen LogP contribution is -2.24. The van der Waals surface area contributed by atoms with Crippen molar-refractivity contribution >= 4 is 23.4 Å². The normalized spacial score (nSPS) is 12.8. The predicted octanol–water partition coefficient (Wildman–Crippen LogP) is 2.72. The number of hydrogen-bond donors (Lipinski definition) is 2. The van der Waals surface area contributed by atoms with Gasteiger partial charge in [0, 0.05) is 25.6 Å². The summed E-state index contributed by atoms with van der Waals surface area (Å²) in [5, 5.41) is 5.88. The van der Waals surface area contributed by atoms with Gasteiger partial charge in [-0.3, -0.25) is 9.59 Å². The van der Waals surface area contributed by atoms with Crippen molar-refractivity contribution in [3.63, 3.8) is 0 Å². The molecule has 27 heavy (non-hydrogen) atoms. The summed E-state index contributed by atoms with van der Waals surface area (Å²) in [4.78, 5) is 23.8. The van der Waals surface area contributed by atoms with Crippen LogP contribution in [0.5, 0.6) is 11.5 Å². The number of benzene rings is 2. The fourth-order valence-electron chi connectivity index (χ4n) is 2.75. The lowest BCUT2D eigenvalue weighted by molar-refractivity contribution is -0.120. The number of halogens is 1. The second kappa shape index (κ2) is 8.77. The van der Waals surface area contributed by atoms with Gasteiger partial charge in [0.15, 0.2) is 11.5 Å². The van der Waals surface area contributed by atoms with Gasteiger partial charge in [-0.05, 0) is 35.4 Å². The standard InChI is InChI=1S/C20H21ClN2O4/c1-22-20(25)15-5-3-13(4-6-15)12-23-18(24)11-14-9-16(21)19-17(10-14)26-7-2-8-27-19/h3-6,9-10H,2,7-8,11-12H2,1H3,(H,22,25)(H,23,24). The van der Waals surface area contributed by atoms with E-state index >= 15 is 0 Å². The van der Waals surface area contributed by atoms with Crippen molar-refractivity contribution in [2.75, 3.05) is 20.3 Å². The van der Waals surface area contributed by atoms with Gasteiger partial charge in [0.05, 0.1) is 24.7 Å². The third-order valence-corrected chi connectivity index (χ3v) is 4.44. The molecule has 3 rings (SSSR count). The zero-order chi connectivity index (χ0) is 19.2. The van der Waals surface area contributed by atoms with Crippen LogP contribution in [0, 0.1) is 0 Å². The Kier molecular flexibility index (Phi) is 6.19. The highest BCUT2D eigenvalue weighted by Gasteiger charge is 2.16. The first-order valence-corrected chi connectivity index (χ1v) is 9.10. The first kappa shape index (κ1) is 19.0. The number of carbonyl (C=O) groups is 2. The predicted molar refractivity (Wildman–Crippen MR) is 102 cm³/mol. The van der Waals surface area contributed by atoms with Gasteiger partial charge in [0.2, 0.25) is 5.91 Å². The SMILES string of the molecule is CNC(=O)c1ccc(CNC(=O)Cc2cc(Cl)c3c(c2)OCCCO3)cc1. The largest absolute Gasteiger partial charge is 0.489 e. The van der Waals surface area contributed by atoms with E-state index in [1.165, 1.54) is 0 Å². The summed E-state index contributed by atoms with van der Waals surface area (Å²) < 4.78 is 11.2. The minimum absolute atomic E-state index is 0.129.